The summed E-state index contributed by atoms with van der Waals surface area (Å²) in [7, 11) is 0. The van der Waals surface area contributed by atoms with Crippen molar-refractivity contribution in [1.29, 1.82) is 0 Å². The van der Waals surface area contributed by atoms with E-state index in [4.69, 9.17) is 27.9 Å². The van der Waals surface area contributed by atoms with Crippen LogP contribution in [0.3, 0.4) is 0 Å². The Balaban J connectivity index is 1.94. The SMILES string of the molecule is CCCNC(CCCC1CCCO1)c1cc(Cl)ccc1Cl. The standard InChI is InChI=1S/C17H25Cl2NO/c1-2-10-20-17(7-3-5-14-6-4-11-21-14)15-12-13(18)8-9-16(15)19/h8-9,12,14,17,20H,2-7,10-11H2,1H3. The van der Waals surface area contributed by atoms with Gasteiger partial charge < -0.3 is 10.1 Å². The second kappa shape index (κ2) is 8.99. The van der Waals surface area contributed by atoms with Gasteiger partial charge in [0, 0.05) is 22.7 Å². The van der Waals surface area contributed by atoms with Crippen molar-refractivity contribution in [2.45, 2.75) is 57.6 Å². The number of hydrogen-bond acceptors (Lipinski definition) is 2. The van der Waals surface area contributed by atoms with Crippen LogP contribution in [0.25, 0.3) is 0 Å². The minimum absolute atomic E-state index is 0.276. The van der Waals surface area contributed by atoms with E-state index >= 15 is 0 Å². The van der Waals surface area contributed by atoms with Gasteiger partial charge in [0.25, 0.3) is 0 Å². The molecule has 0 aliphatic carbocycles. The van der Waals surface area contributed by atoms with Gasteiger partial charge in [0.2, 0.25) is 0 Å². The molecule has 118 valence electrons. The monoisotopic (exact) mass is 329 g/mol. The minimum Gasteiger partial charge on any atom is -0.378 e. The predicted molar refractivity (Wildman–Crippen MR) is 90.3 cm³/mol. The maximum absolute atomic E-state index is 6.35. The van der Waals surface area contributed by atoms with Crippen molar-refractivity contribution in [3.05, 3.63) is 33.8 Å². The van der Waals surface area contributed by atoms with E-state index in [1.54, 1.807) is 0 Å². The Kier molecular flexibility index (Phi) is 7.31. The molecule has 1 heterocycles. The highest BCUT2D eigenvalue weighted by atomic mass is 35.5. The van der Waals surface area contributed by atoms with E-state index in [0.717, 1.165) is 54.4 Å². The Morgan fingerprint density at radius 1 is 1.38 bits per heavy atom. The summed E-state index contributed by atoms with van der Waals surface area (Å²) in [6.45, 7) is 4.10. The molecule has 0 aromatic heterocycles. The van der Waals surface area contributed by atoms with Crippen LogP contribution >= 0.6 is 23.2 Å². The summed E-state index contributed by atoms with van der Waals surface area (Å²) in [6.07, 6.45) is 7.36. The molecule has 0 bridgehead atoms. The molecule has 21 heavy (non-hydrogen) atoms. The van der Waals surface area contributed by atoms with Crippen molar-refractivity contribution >= 4 is 23.2 Å². The molecule has 2 unspecified atom stereocenters. The van der Waals surface area contributed by atoms with Crippen molar-refractivity contribution in [2.24, 2.45) is 0 Å². The van der Waals surface area contributed by atoms with Gasteiger partial charge in [0.15, 0.2) is 0 Å². The summed E-state index contributed by atoms with van der Waals surface area (Å²) in [6, 6.07) is 6.00. The molecule has 0 saturated carbocycles. The van der Waals surface area contributed by atoms with Crippen molar-refractivity contribution in [2.75, 3.05) is 13.2 Å². The third kappa shape index (κ3) is 5.45. The number of halogens is 2. The predicted octanol–water partition coefficient (Wildman–Crippen LogP) is 5.38. The maximum atomic E-state index is 6.35. The summed E-state index contributed by atoms with van der Waals surface area (Å²) in [5, 5.41) is 5.14. The lowest BCUT2D eigenvalue weighted by Crippen LogP contribution is -2.23. The molecule has 2 nitrogen and oxygen atoms in total. The van der Waals surface area contributed by atoms with E-state index in [9.17, 15) is 0 Å². The van der Waals surface area contributed by atoms with Gasteiger partial charge in [0.05, 0.1) is 6.10 Å². The Hall–Kier alpha value is -0.280. The van der Waals surface area contributed by atoms with Crippen LogP contribution in [0, 0.1) is 0 Å². The highest BCUT2D eigenvalue weighted by Gasteiger charge is 2.18. The number of rotatable bonds is 8. The van der Waals surface area contributed by atoms with Crippen LogP contribution in [-0.4, -0.2) is 19.3 Å². The minimum atomic E-state index is 0.276. The lowest BCUT2D eigenvalue weighted by molar-refractivity contribution is 0.101. The van der Waals surface area contributed by atoms with Crippen LogP contribution in [0.4, 0.5) is 0 Å². The van der Waals surface area contributed by atoms with E-state index in [0.29, 0.717) is 6.10 Å². The van der Waals surface area contributed by atoms with Gasteiger partial charge in [-0.25, -0.2) is 0 Å². The summed E-state index contributed by atoms with van der Waals surface area (Å²) in [5.74, 6) is 0. The third-order valence-corrected chi connectivity index (χ3v) is 4.60. The van der Waals surface area contributed by atoms with Crippen LogP contribution in [0.2, 0.25) is 10.0 Å². The molecule has 1 aliphatic heterocycles. The molecule has 4 heteroatoms. The third-order valence-electron chi connectivity index (χ3n) is 4.02. The van der Waals surface area contributed by atoms with Crippen LogP contribution in [0.5, 0.6) is 0 Å². The lowest BCUT2D eigenvalue weighted by atomic mass is 9.99. The number of benzene rings is 1. The Labute approximate surface area is 138 Å². The van der Waals surface area contributed by atoms with Crippen LogP contribution < -0.4 is 5.32 Å². The first-order valence-electron chi connectivity index (χ1n) is 8.00. The van der Waals surface area contributed by atoms with Crippen LogP contribution in [-0.2, 0) is 4.74 Å². The van der Waals surface area contributed by atoms with E-state index in [1.807, 2.05) is 18.2 Å². The number of hydrogen-bond donors (Lipinski definition) is 1. The van der Waals surface area contributed by atoms with Crippen LogP contribution in [0.15, 0.2) is 18.2 Å². The highest BCUT2D eigenvalue weighted by Crippen LogP contribution is 2.30. The number of ether oxygens (including phenoxy) is 1. The van der Waals surface area contributed by atoms with Crippen molar-refractivity contribution in [1.82, 2.24) is 5.32 Å². The molecule has 2 atom stereocenters. The summed E-state index contributed by atoms with van der Waals surface area (Å²) in [4.78, 5) is 0. The fourth-order valence-corrected chi connectivity index (χ4v) is 3.32. The molecule has 0 spiro atoms. The Bertz CT molecular complexity index is 433. The molecule has 0 radical (unpaired) electrons. The Morgan fingerprint density at radius 3 is 2.95 bits per heavy atom. The molecule has 1 aromatic carbocycles. The largest absolute Gasteiger partial charge is 0.378 e. The molecule has 1 saturated heterocycles. The van der Waals surface area contributed by atoms with Gasteiger partial charge in [-0.15, -0.1) is 0 Å². The zero-order valence-electron chi connectivity index (χ0n) is 12.7. The molecule has 1 aromatic rings. The fraction of sp³-hybridized carbons (Fsp3) is 0.647. The first-order valence-corrected chi connectivity index (χ1v) is 8.76. The fourth-order valence-electron chi connectivity index (χ4n) is 2.89. The topological polar surface area (TPSA) is 21.3 Å². The lowest BCUT2D eigenvalue weighted by Gasteiger charge is -2.21. The summed E-state index contributed by atoms with van der Waals surface area (Å²) >= 11 is 12.5. The molecular formula is C17H25Cl2NO. The average Bonchev–Trinajstić information content (AvgIpc) is 2.99. The average molecular weight is 330 g/mol. The first kappa shape index (κ1) is 17.1. The molecule has 2 rings (SSSR count). The van der Waals surface area contributed by atoms with E-state index in [2.05, 4.69) is 12.2 Å². The van der Waals surface area contributed by atoms with Crippen molar-refractivity contribution < 1.29 is 4.74 Å². The first-order chi connectivity index (χ1) is 10.2. The zero-order chi connectivity index (χ0) is 15.1. The number of nitrogens with one attached hydrogen (secondary N) is 1. The van der Waals surface area contributed by atoms with Crippen LogP contribution in [0.1, 0.15) is 57.1 Å². The molecule has 1 fully saturated rings. The Morgan fingerprint density at radius 2 is 2.24 bits per heavy atom. The molecule has 0 amide bonds. The molecular weight excluding hydrogens is 305 g/mol. The van der Waals surface area contributed by atoms with Gasteiger partial charge in [-0.05, 0) is 68.8 Å². The van der Waals surface area contributed by atoms with E-state index < -0.39 is 0 Å². The molecule has 1 N–H and O–H groups in total. The summed E-state index contributed by atoms with van der Waals surface area (Å²) in [5.41, 5.74) is 1.12. The second-order valence-electron chi connectivity index (χ2n) is 5.74. The second-order valence-corrected chi connectivity index (χ2v) is 6.58. The van der Waals surface area contributed by atoms with E-state index in [-0.39, 0.29) is 6.04 Å². The van der Waals surface area contributed by atoms with Gasteiger partial charge in [-0.1, -0.05) is 30.1 Å². The molecule has 1 aliphatic rings. The van der Waals surface area contributed by atoms with Gasteiger partial charge in [-0.3, -0.25) is 0 Å². The highest BCUT2D eigenvalue weighted by molar-refractivity contribution is 6.33. The smallest absolute Gasteiger partial charge is 0.0576 e. The normalized spacial score (nSPS) is 19.9. The van der Waals surface area contributed by atoms with Gasteiger partial charge in [-0.2, -0.15) is 0 Å². The quantitative estimate of drug-likeness (QED) is 0.690. The zero-order valence-corrected chi connectivity index (χ0v) is 14.2. The summed E-state index contributed by atoms with van der Waals surface area (Å²) < 4.78 is 5.70. The van der Waals surface area contributed by atoms with Gasteiger partial charge in [0.1, 0.15) is 0 Å². The van der Waals surface area contributed by atoms with Gasteiger partial charge >= 0.3 is 0 Å². The van der Waals surface area contributed by atoms with E-state index in [1.165, 1.54) is 12.8 Å². The maximum Gasteiger partial charge on any atom is 0.0576 e. The van der Waals surface area contributed by atoms with Crippen molar-refractivity contribution in [3.63, 3.8) is 0 Å². The van der Waals surface area contributed by atoms with Crippen molar-refractivity contribution in [3.8, 4) is 0 Å².